The van der Waals surface area contributed by atoms with Crippen LogP contribution < -0.4 is 0 Å². The summed E-state index contributed by atoms with van der Waals surface area (Å²) in [4.78, 5) is 38.1. The van der Waals surface area contributed by atoms with E-state index < -0.39 is 0 Å². The number of hydrogen-bond donors (Lipinski definition) is 0. The van der Waals surface area contributed by atoms with Crippen molar-refractivity contribution in [2.45, 2.75) is 132 Å². The minimum Gasteiger partial charge on any atom is -0.300 e. The van der Waals surface area contributed by atoms with E-state index in [0.717, 1.165) is 48.8 Å². The number of benzene rings is 2. The third kappa shape index (κ3) is 9.34. The second-order valence-corrected chi connectivity index (χ2v) is 13.6. The van der Waals surface area contributed by atoms with E-state index in [1.54, 1.807) is 5.57 Å². The predicted molar refractivity (Wildman–Crippen MR) is 181 cm³/mol. The van der Waals surface area contributed by atoms with Crippen LogP contribution in [-0.2, 0) is 16.0 Å². The second-order valence-electron chi connectivity index (χ2n) is 13.6. The Hall–Kier alpha value is -2.81. The van der Waals surface area contributed by atoms with Gasteiger partial charge in [-0.2, -0.15) is 0 Å². The molecule has 0 bridgehead atoms. The summed E-state index contributed by atoms with van der Waals surface area (Å²) in [7, 11) is 0. The minimum atomic E-state index is -0.104. The molecule has 2 aromatic carbocycles. The Labute approximate surface area is 261 Å². The molecular formula is C40H56O3. The molecule has 0 N–H and O–H groups in total. The van der Waals surface area contributed by atoms with E-state index in [1.165, 1.54) is 54.9 Å². The highest BCUT2D eigenvalue weighted by Gasteiger charge is 2.34. The molecule has 0 spiro atoms. The molecule has 0 aromatic heterocycles. The first-order chi connectivity index (χ1) is 20.5. The lowest BCUT2D eigenvalue weighted by Crippen LogP contribution is -2.30. The van der Waals surface area contributed by atoms with Crippen LogP contribution in [0.1, 0.15) is 144 Å². The Morgan fingerprint density at radius 2 is 1.67 bits per heavy atom. The third-order valence-corrected chi connectivity index (χ3v) is 9.75. The number of carbonyl (C=O) groups excluding carboxylic acids is 3. The van der Waals surface area contributed by atoms with Gasteiger partial charge in [0.05, 0.1) is 6.42 Å². The van der Waals surface area contributed by atoms with Gasteiger partial charge in [-0.05, 0) is 124 Å². The van der Waals surface area contributed by atoms with Gasteiger partial charge < -0.3 is 0 Å². The van der Waals surface area contributed by atoms with Gasteiger partial charge in [-0.3, -0.25) is 14.4 Å². The van der Waals surface area contributed by atoms with Gasteiger partial charge in [-0.25, -0.2) is 0 Å². The first-order valence-corrected chi connectivity index (χ1v) is 16.9. The fourth-order valence-corrected chi connectivity index (χ4v) is 7.24. The maximum absolute atomic E-state index is 13.5. The lowest BCUT2D eigenvalue weighted by Gasteiger charge is -2.33. The number of carbonyl (C=O) groups is 3. The standard InChI is InChI=1S/C33H44O3.C7H12/c1-8-10-27(28(9-2)31(35)16-22(6)34)17-24-18-30-29(26-13-11-25(12-14-26)20(3)4)15-21(5)23(7)33(30)32(36)19-24;1-7-5-3-2-4-6-7/h11-15,20,24,27-28H,8-10,16-19H2,1-7H3;5H,2-4,6H2,1H3. The molecule has 43 heavy (non-hydrogen) atoms. The summed E-state index contributed by atoms with van der Waals surface area (Å²) >= 11 is 0. The van der Waals surface area contributed by atoms with Crippen LogP contribution in [0.5, 0.6) is 0 Å². The molecule has 0 amide bonds. The molecule has 0 fully saturated rings. The van der Waals surface area contributed by atoms with Crippen LogP contribution in [0, 0.1) is 31.6 Å². The molecule has 3 nitrogen and oxygen atoms in total. The van der Waals surface area contributed by atoms with Gasteiger partial charge in [0.15, 0.2) is 5.78 Å². The SMILES string of the molecule is CC1=CCCCC1.CCCC(CC1CC(=O)c2c(C)c(C)cc(-c3ccc(C(C)C)cc3)c2C1)C(CC)C(=O)CC(C)=O. The fourth-order valence-electron chi connectivity index (χ4n) is 7.24. The first kappa shape index (κ1) is 34.7. The molecule has 0 heterocycles. The second kappa shape index (κ2) is 16.3. The van der Waals surface area contributed by atoms with Crippen molar-refractivity contribution in [1.82, 2.24) is 0 Å². The van der Waals surface area contributed by atoms with E-state index in [4.69, 9.17) is 0 Å². The van der Waals surface area contributed by atoms with Crippen LogP contribution in [0.4, 0.5) is 0 Å². The number of fused-ring (bicyclic) bond motifs is 1. The maximum Gasteiger partial charge on any atom is 0.163 e. The molecule has 0 saturated carbocycles. The summed E-state index contributed by atoms with van der Waals surface area (Å²) < 4.78 is 0. The van der Waals surface area contributed by atoms with Crippen molar-refractivity contribution in [2.24, 2.45) is 17.8 Å². The van der Waals surface area contributed by atoms with Crippen LogP contribution >= 0.6 is 0 Å². The molecule has 0 aliphatic heterocycles. The zero-order valence-corrected chi connectivity index (χ0v) is 28.3. The van der Waals surface area contributed by atoms with Crippen molar-refractivity contribution in [3.63, 3.8) is 0 Å². The Balaban J connectivity index is 0.000000633. The highest BCUT2D eigenvalue weighted by Crippen LogP contribution is 2.41. The highest BCUT2D eigenvalue weighted by molar-refractivity contribution is 6.02. The van der Waals surface area contributed by atoms with Gasteiger partial charge in [0.1, 0.15) is 11.6 Å². The van der Waals surface area contributed by atoms with Gasteiger partial charge in [-0.1, -0.05) is 82.5 Å². The number of Topliss-reactive ketones (excluding diaryl/α,β-unsaturated/α-hetero) is 3. The van der Waals surface area contributed by atoms with Crippen molar-refractivity contribution < 1.29 is 14.4 Å². The van der Waals surface area contributed by atoms with Crippen molar-refractivity contribution in [2.75, 3.05) is 0 Å². The monoisotopic (exact) mass is 584 g/mol. The summed E-state index contributed by atoms with van der Waals surface area (Å²) in [5, 5.41) is 0. The Kier molecular flexibility index (Phi) is 13.2. The van der Waals surface area contributed by atoms with Crippen molar-refractivity contribution in [3.05, 3.63) is 69.8 Å². The van der Waals surface area contributed by atoms with Gasteiger partial charge in [0.25, 0.3) is 0 Å². The van der Waals surface area contributed by atoms with E-state index in [0.29, 0.717) is 12.3 Å². The van der Waals surface area contributed by atoms with E-state index in [1.807, 2.05) is 0 Å². The van der Waals surface area contributed by atoms with Crippen LogP contribution in [0.2, 0.25) is 0 Å². The van der Waals surface area contributed by atoms with Crippen LogP contribution in [-0.4, -0.2) is 17.3 Å². The number of rotatable bonds is 11. The maximum atomic E-state index is 13.5. The highest BCUT2D eigenvalue weighted by atomic mass is 16.1. The molecule has 2 aromatic rings. The molecule has 3 unspecified atom stereocenters. The van der Waals surface area contributed by atoms with Gasteiger partial charge in [0.2, 0.25) is 0 Å². The molecule has 234 valence electrons. The summed E-state index contributed by atoms with van der Waals surface area (Å²) in [6, 6.07) is 11.0. The van der Waals surface area contributed by atoms with Gasteiger partial charge in [-0.15, -0.1) is 0 Å². The average molecular weight is 585 g/mol. The summed E-state index contributed by atoms with van der Waals surface area (Å²) in [5.41, 5.74) is 9.60. The Morgan fingerprint density at radius 1 is 0.977 bits per heavy atom. The molecule has 2 aliphatic carbocycles. The number of allylic oxidation sites excluding steroid dienone is 2. The van der Waals surface area contributed by atoms with E-state index in [2.05, 4.69) is 84.9 Å². The molecule has 0 radical (unpaired) electrons. The quantitative estimate of drug-likeness (QED) is 0.195. The lowest BCUT2D eigenvalue weighted by molar-refractivity contribution is -0.129. The molecule has 3 atom stereocenters. The Morgan fingerprint density at radius 3 is 2.19 bits per heavy atom. The smallest absolute Gasteiger partial charge is 0.163 e. The minimum absolute atomic E-state index is 0.0279. The topological polar surface area (TPSA) is 51.2 Å². The molecule has 3 heteroatoms. The summed E-state index contributed by atoms with van der Waals surface area (Å²) in [6.07, 6.45) is 12.9. The first-order valence-electron chi connectivity index (χ1n) is 16.9. The zero-order valence-electron chi connectivity index (χ0n) is 28.3. The fraction of sp³-hybridized carbons (Fsp3) is 0.575. The van der Waals surface area contributed by atoms with Crippen molar-refractivity contribution >= 4 is 17.3 Å². The van der Waals surface area contributed by atoms with Crippen LogP contribution in [0.15, 0.2) is 42.0 Å². The van der Waals surface area contributed by atoms with Crippen LogP contribution in [0.25, 0.3) is 11.1 Å². The molecule has 4 rings (SSSR count). The van der Waals surface area contributed by atoms with Crippen molar-refractivity contribution in [1.29, 1.82) is 0 Å². The molecular weight excluding hydrogens is 528 g/mol. The zero-order chi connectivity index (χ0) is 31.7. The molecule has 0 saturated heterocycles. The number of hydrogen-bond acceptors (Lipinski definition) is 3. The normalized spacial score (nSPS) is 17.8. The number of ketones is 3. The summed E-state index contributed by atoms with van der Waals surface area (Å²) in [6.45, 7) is 16.5. The molecule has 2 aliphatic rings. The third-order valence-electron chi connectivity index (χ3n) is 9.75. The van der Waals surface area contributed by atoms with Crippen molar-refractivity contribution in [3.8, 4) is 11.1 Å². The van der Waals surface area contributed by atoms with Gasteiger partial charge in [0, 0.05) is 17.9 Å². The van der Waals surface area contributed by atoms with Gasteiger partial charge >= 0.3 is 0 Å². The number of aryl methyl sites for hydroxylation is 1. The Bertz CT molecular complexity index is 1290. The largest absolute Gasteiger partial charge is 0.300 e. The predicted octanol–water partition coefficient (Wildman–Crippen LogP) is 10.7. The van der Waals surface area contributed by atoms with E-state index in [-0.39, 0.29) is 41.5 Å². The van der Waals surface area contributed by atoms with E-state index in [9.17, 15) is 14.4 Å². The van der Waals surface area contributed by atoms with E-state index >= 15 is 0 Å². The van der Waals surface area contributed by atoms with Crippen LogP contribution in [0.3, 0.4) is 0 Å². The summed E-state index contributed by atoms with van der Waals surface area (Å²) in [5.74, 6) is 1.06. The lowest BCUT2D eigenvalue weighted by atomic mass is 9.70. The average Bonchev–Trinajstić information content (AvgIpc) is 2.95.